The molecule has 0 radical (unpaired) electrons. The van der Waals surface area contributed by atoms with E-state index in [-0.39, 0.29) is 35.8 Å². The van der Waals surface area contributed by atoms with Gasteiger partial charge in [0, 0.05) is 23.8 Å². The third-order valence-electron chi connectivity index (χ3n) is 4.31. The summed E-state index contributed by atoms with van der Waals surface area (Å²) in [6, 6.07) is 4.23. The van der Waals surface area contributed by atoms with Gasteiger partial charge in [0.2, 0.25) is 5.82 Å². The van der Waals surface area contributed by atoms with E-state index in [1.807, 2.05) is 22.6 Å². The van der Waals surface area contributed by atoms with Crippen molar-refractivity contribution >= 4 is 45.0 Å². The average molecular weight is 502 g/mol. The van der Waals surface area contributed by atoms with Gasteiger partial charge in [-0.05, 0) is 46.7 Å². The number of hydrogen-bond donors (Lipinski definition) is 2. The monoisotopic (exact) mass is 502 g/mol. The highest BCUT2D eigenvalue weighted by Crippen LogP contribution is 2.26. The highest BCUT2D eigenvalue weighted by atomic mass is 127. The van der Waals surface area contributed by atoms with E-state index in [9.17, 15) is 23.5 Å². The van der Waals surface area contributed by atoms with Gasteiger partial charge in [0.05, 0.1) is 17.7 Å². The molecule has 0 saturated carbocycles. The number of halogens is 3. The van der Waals surface area contributed by atoms with Crippen molar-refractivity contribution in [2.45, 2.75) is 13.5 Å². The second-order valence-corrected chi connectivity index (χ2v) is 7.74. The van der Waals surface area contributed by atoms with Crippen molar-refractivity contribution < 1.29 is 13.9 Å². The number of fused-ring (bicyclic) bond motifs is 1. The number of pyridine rings is 1. The number of aliphatic hydroxyl groups is 1. The number of aromatic nitrogens is 3. The number of aliphatic hydroxyl groups excluding tert-OH is 1. The molecular weight excluding hydrogens is 485 g/mol. The molecule has 0 saturated heterocycles. The predicted octanol–water partition coefficient (Wildman–Crippen LogP) is 2.35. The number of nitrogens with zero attached hydrogens (tertiary/aromatic N) is 3. The van der Waals surface area contributed by atoms with Crippen molar-refractivity contribution in [2.24, 2.45) is 13.0 Å². The SMILES string of the molecule is C[C@@H](CO)Cn1cnc2c(c(Nc3ccc(I)cc3F)c(F)c(=O)n2C)c1=O. The maximum atomic E-state index is 14.8. The Morgan fingerprint density at radius 1 is 1.29 bits per heavy atom. The minimum absolute atomic E-state index is 0.0299. The molecule has 2 heterocycles. The van der Waals surface area contributed by atoms with E-state index in [2.05, 4.69) is 10.3 Å². The number of aryl methyl sites for hydroxylation is 1. The van der Waals surface area contributed by atoms with Crippen LogP contribution in [-0.2, 0) is 13.6 Å². The van der Waals surface area contributed by atoms with Gasteiger partial charge < -0.3 is 10.4 Å². The van der Waals surface area contributed by atoms with Crippen LogP contribution in [0.15, 0.2) is 34.1 Å². The molecule has 0 aliphatic heterocycles. The first-order valence-electron chi connectivity index (χ1n) is 8.35. The van der Waals surface area contributed by atoms with Crippen LogP contribution in [-0.4, -0.2) is 25.8 Å². The van der Waals surface area contributed by atoms with Gasteiger partial charge >= 0.3 is 0 Å². The van der Waals surface area contributed by atoms with Gasteiger partial charge in [-0.1, -0.05) is 6.92 Å². The Balaban J connectivity index is 2.29. The smallest absolute Gasteiger partial charge is 0.290 e. The van der Waals surface area contributed by atoms with Crippen LogP contribution >= 0.6 is 22.6 Å². The molecule has 3 aromatic rings. The largest absolute Gasteiger partial charge is 0.396 e. The molecule has 0 spiro atoms. The number of anilines is 2. The molecule has 0 aliphatic rings. The summed E-state index contributed by atoms with van der Waals surface area (Å²) in [6.45, 7) is 1.74. The van der Waals surface area contributed by atoms with Crippen molar-refractivity contribution in [2.75, 3.05) is 11.9 Å². The van der Waals surface area contributed by atoms with Gasteiger partial charge in [-0.15, -0.1) is 0 Å². The summed E-state index contributed by atoms with van der Waals surface area (Å²) in [5.41, 5.74) is -2.13. The zero-order valence-corrected chi connectivity index (χ0v) is 17.2. The Bertz CT molecular complexity index is 1180. The third-order valence-corrected chi connectivity index (χ3v) is 4.98. The summed E-state index contributed by atoms with van der Waals surface area (Å²) in [5.74, 6) is -2.10. The first kappa shape index (κ1) is 20.4. The summed E-state index contributed by atoms with van der Waals surface area (Å²) in [6.07, 6.45) is 1.24. The first-order valence-corrected chi connectivity index (χ1v) is 9.43. The molecule has 2 N–H and O–H groups in total. The molecule has 0 fully saturated rings. The summed E-state index contributed by atoms with van der Waals surface area (Å²) >= 11 is 1.93. The molecule has 28 heavy (non-hydrogen) atoms. The summed E-state index contributed by atoms with van der Waals surface area (Å²) in [4.78, 5) is 29.3. The number of hydrogen-bond acceptors (Lipinski definition) is 5. The zero-order valence-electron chi connectivity index (χ0n) is 15.0. The van der Waals surface area contributed by atoms with Gasteiger partial charge in [0.25, 0.3) is 11.1 Å². The van der Waals surface area contributed by atoms with Crippen molar-refractivity contribution in [3.63, 3.8) is 0 Å². The van der Waals surface area contributed by atoms with Crippen molar-refractivity contribution in [1.82, 2.24) is 14.1 Å². The average Bonchev–Trinajstić information content (AvgIpc) is 2.66. The lowest BCUT2D eigenvalue weighted by Crippen LogP contribution is -2.30. The lowest BCUT2D eigenvalue weighted by molar-refractivity contribution is 0.221. The topological polar surface area (TPSA) is 89.2 Å². The van der Waals surface area contributed by atoms with E-state index in [0.717, 1.165) is 4.57 Å². The maximum Gasteiger partial charge on any atom is 0.290 e. The molecule has 7 nitrogen and oxygen atoms in total. The Hall–Kier alpha value is -2.34. The maximum absolute atomic E-state index is 14.8. The van der Waals surface area contributed by atoms with Crippen LogP contribution in [0.2, 0.25) is 0 Å². The van der Waals surface area contributed by atoms with E-state index in [1.165, 1.54) is 30.1 Å². The van der Waals surface area contributed by atoms with Gasteiger partial charge in [0.15, 0.2) is 5.65 Å². The molecule has 3 rings (SSSR count). The first-order chi connectivity index (χ1) is 13.2. The number of nitrogens with one attached hydrogen (secondary N) is 1. The minimum Gasteiger partial charge on any atom is -0.396 e. The van der Waals surface area contributed by atoms with E-state index in [1.54, 1.807) is 13.0 Å². The molecule has 0 bridgehead atoms. The lowest BCUT2D eigenvalue weighted by atomic mass is 10.2. The van der Waals surface area contributed by atoms with Crippen molar-refractivity contribution in [1.29, 1.82) is 0 Å². The molecule has 148 valence electrons. The standard InChI is InChI=1S/C18H17F2IN4O3/c1-9(7-26)6-25-8-22-16-13(17(25)27)15(14(20)18(28)24(16)2)23-12-4-3-10(21)5-11(12)19/h3-5,8-9,23,26H,6-7H2,1-2H3/t9-/m1/s1. The molecular formula is C18H17F2IN4O3. The summed E-state index contributed by atoms with van der Waals surface area (Å²) < 4.78 is 31.8. The van der Waals surface area contributed by atoms with Crippen LogP contribution in [0.3, 0.4) is 0 Å². The Kier molecular flexibility index (Phi) is 5.79. The van der Waals surface area contributed by atoms with Crippen LogP contribution < -0.4 is 16.4 Å². The minimum atomic E-state index is -1.21. The molecule has 10 heteroatoms. The van der Waals surface area contributed by atoms with Gasteiger partial charge in [0.1, 0.15) is 11.2 Å². The van der Waals surface area contributed by atoms with Gasteiger partial charge in [-0.3, -0.25) is 18.7 Å². The molecule has 0 unspecified atom stereocenters. The Morgan fingerprint density at radius 3 is 2.64 bits per heavy atom. The molecule has 1 aromatic carbocycles. The van der Waals surface area contributed by atoms with Crippen LogP contribution in [0.4, 0.5) is 20.2 Å². The third kappa shape index (κ3) is 3.65. The van der Waals surface area contributed by atoms with Crippen LogP contribution in [0.5, 0.6) is 0 Å². The second kappa shape index (κ2) is 7.95. The fourth-order valence-electron chi connectivity index (χ4n) is 2.78. The van der Waals surface area contributed by atoms with Gasteiger partial charge in [-0.2, -0.15) is 4.39 Å². The fraction of sp³-hybridized carbons (Fsp3) is 0.278. The molecule has 0 aliphatic carbocycles. The zero-order chi connectivity index (χ0) is 20.6. The molecule has 1 atom stereocenters. The quantitative estimate of drug-likeness (QED) is 0.524. The van der Waals surface area contributed by atoms with E-state index >= 15 is 0 Å². The Labute approximate surface area is 171 Å². The summed E-state index contributed by atoms with van der Waals surface area (Å²) in [5, 5.41) is 11.6. The Morgan fingerprint density at radius 2 is 2.00 bits per heavy atom. The highest BCUT2D eigenvalue weighted by Gasteiger charge is 2.21. The van der Waals surface area contributed by atoms with Gasteiger partial charge in [-0.25, -0.2) is 9.37 Å². The normalized spacial score (nSPS) is 12.4. The van der Waals surface area contributed by atoms with E-state index in [0.29, 0.717) is 3.57 Å². The van der Waals surface area contributed by atoms with Crippen molar-refractivity contribution in [3.8, 4) is 0 Å². The van der Waals surface area contributed by atoms with Crippen molar-refractivity contribution in [3.05, 3.63) is 60.4 Å². The van der Waals surface area contributed by atoms with E-state index < -0.39 is 28.4 Å². The number of benzene rings is 1. The molecule has 0 amide bonds. The summed E-state index contributed by atoms with van der Waals surface area (Å²) in [7, 11) is 1.30. The fourth-order valence-corrected chi connectivity index (χ4v) is 3.23. The second-order valence-electron chi connectivity index (χ2n) is 6.49. The van der Waals surface area contributed by atoms with Crippen LogP contribution in [0.1, 0.15) is 6.92 Å². The molecule has 2 aromatic heterocycles. The van der Waals surface area contributed by atoms with Crippen LogP contribution in [0, 0.1) is 21.1 Å². The van der Waals surface area contributed by atoms with Crippen LogP contribution in [0.25, 0.3) is 11.0 Å². The number of rotatable bonds is 5. The highest BCUT2D eigenvalue weighted by molar-refractivity contribution is 14.1. The lowest BCUT2D eigenvalue weighted by Gasteiger charge is -2.16. The predicted molar refractivity (Wildman–Crippen MR) is 110 cm³/mol. The van der Waals surface area contributed by atoms with E-state index in [4.69, 9.17) is 0 Å².